The highest BCUT2D eigenvalue weighted by atomic mass is 16.5. The van der Waals surface area contributed by atoms with Gasteiger partial charge in [0.15, 0.2) is 0 Å². The first-order valence-corrected chi connectivity index (χ1v) is 9.09. The molecule has 3 nitrogen and oxygen atoms in total. The molecule has 0 radical (unpaired) electrons. The fourth-order valence-electron chi connectivity index (χ4n) is 5.03. The Morgan fingerprint density at radius 1 is 1.17 bits per heavy atom. The molecule has 0 aromatic heterocycles. The Balaban J connectivity index is 1.77. The molecule has 1 fully saturated rings. The van der Waals surface area contributed by atoms with Gasteiger partial charge in [0.25, 0.3) is 6.02 Å². The summed E-state index contributed by atoms with van der Waals surface area (Å²) >= 11 is 0. The lowest BCUT2D eigenvalue weighted by Crippen LogP contribution is -2.39. The molecule has 1 aliphatic heterocycles. The first kappa shape index (κ1) is 15.0. The maximum absolute atomic E-state index is 5.89. The first-order valence-electron chi connectivity index (χ1n) is 9.09. The number of hydrogen-bond donors (Lipinski definition) is 1. The summed E-state index contributed by atoms with van der Waals surface area (Å²) < 4.78 is 5.61. The van der Waals surface area contributed by atoms with E-state index in [1.165, 1.54) is 48.8 Å². The maximum atomic E-state index is 5.89. The van der Waals surface area contributed by atoms with Gasteiger partial charge in [0.2, 0.25) is 0 Å². The molecule has 2 aliphatic carbocycles. The van der Waals surface area contributed by atoms with E-state index in [-0.39, 0.29) is 11.0 Å². The van der Waals surface area contributed by atoms with E-state index >= 15 is 0 Å². The molecule has 1 saturated carbocycles. The predicted molar refractivity (Wildman–Crippen MR) is 93.6 cm³/mol. The first-order chi connectivity index (χ1) is 11.0. The molecule has 0 saturated heterocycles. The van der Waals surface area contributed by atoms with Crippen LogP contribution in [-0.2, 0) is 16.7 Å². The minimum Gasteiger partial charge on any atom is -0.462 e. The SMILES string of the molecule is CC1(C)Cc2ccc(C3CCCCC3)cc2C2(COC(N)=N2)C1. The van der Waals surface area contributed by atoms with Gasteiger partial charge in [-0.1, -0.05) is 51.3 Å². The van der Waals surface area contributed by atoms with E-state index in [1.54, 1.807) is 0 Å². The van der Waals surface area contributed by atoms with E-state index in [1.807, 2.05) is 0 Å². The van der Waals surface area contributed by atoms with Gasteiger partial charge in [0.1, 0.15) is 12.1 Å². The van der Waals surface area contributed by atoms with Crippen LogP contribution in [0.3, 0.4) is 0 Å². The largest absolute Gasteiger partial charge is 0.462 e. The molecular formula is C20H28N2O. The second kappa shape index (κ2) is 5.25. The van der Waals surface area contributed by atoms with E-state index < -0.39 is 0 Å². The van der Waals surface area contributed by atoms with Crippen LogP contribution in [0.15, 0.2) is 23.2 Å². The molecule has 1 heterocycles. The highest BCUT2D eigenvalue weighted by Crippen LogP contribution is 2.49. The van der Waals surface area contributed by atoms with Crippen LogP contribution in [0.2, 0.25) is 0 Å². The molecule has 1 aromatic rings. The third kappa shape index (κ3) is 2.64. The third-order valence-electron chi connectivity index (χ3n) is 5.93. The molecule has 3 aliphatic rings. The molecule has 2 N–H and O–H groups in total. The number of nitrogens with zero attached hydrogens (tertiary/aromatic N) is 1. The molecule has 4 rings (SSSR count). The van der Waals surface area contributed by atoms with Gasteiger partial charge in [0.05, 0.1) is 0 Å². The molecule has 23 heavy (non-hydrogen) atoms. The van der Waals surface area contributed by atoms with Gasteiger partial charge in [-0.3, -0.25) is 0 Å². The Kier molecular flexibility index (Phi) is 3.44. The van der Waals surface area contributed by atoms with Gasteiger partial charge in [0, 0.05) is 0 Å². The molecule has 1 spiro atoms. The summed E-state index contributed by atoms with van der Waals surface area (Å²) in [6, 6.07) is 7.52. The summed E-state index contributed by atoms with van der Waals surface area (Å²) in [5, 5.41) is 0. The molecule has 1 atom stereocenters. The molecule has 0 amide bonds. The van der Waals surface area contributed by atoms with Crippen LogP contribution in [-0.4, -0.2) is 12.6 Å². The van der Waals surface area contributed by atoms with Gasteiger partial charge < -0.3 is 10.5 Å². The van der Waals surface area contributed by atoms with E-state index in [9.17, 15) is 0 Å². The normalized spacial score (nSPS) is 29.9. The third-order valence-corrected chi connectivity index (χ3v) is 5.93. The van der Waals surface area contributed by atoms with Crippen molar-refractivity contribution in [2.24, 2.45) is 16.1 Å². The van der Waals surface area contributed by atoms with Crippen LogP contribution in [0.4, 0.5) is 0 Å². The van der Waals surface area contributed by atoms with Gasteiger partial charge >= 0.3 is 0 Å². The number of hydrogen-bond acceptors (Lipinski definition) is 3. The summed E-state index contributed by atoms with van der Waals surface area (Å²) in [4.78, 5) is 4.77. The van der Waals surface area contributed by atoms with Crippen LogP contribution in [0, 0.1) is 5.41 Å². The molecule has 0 bridgehead atoms. The van der Waals surface area contributed by atoms with Crippen molar-refractivity contribution in [3.8, 4) is 0 Å². The van der Waals surface area contributed by atoms with E-state index in [0.29, 0.717) is 12.6 Å². The Hall–Kier alpha value is -1.51. The number of nitrogens with two attached hydrogens (primary N) is 1. The highest BCUT2D eigenvalue weighted by molar-refractivity contribution is 5.74. The highest BCUT2D eigenvalue weighted by Gasteiger charge is 2.47. The van der Waals surface area contributed by atoms with Gasteiger partial charge in [-0.25, -0.2) is 4.99 Å². The zero-order valence-electron chi connectivity index (χ0n) is 14.4. The van der Waals surface area contributed by atoms with Crippen molar-refractivity contribution in [1.82, 2.24) is 0 Å². The Morgan fingerprint density at radius 2 is 1.96 bits per heavy atom. The summed E-state index contributed by atoms with van der Waals surface area (Å²) in [6.07, 6.45) is 8.93. The Labute approximate surface area is 139 Å². The minimum absolute atomic E-state index is 0.233. The minimum atomic E-state index is -0.258. The quantitative estimate of drug-likeness (QED) is 0.843. The lowest BCUT2D eigenvalue weighted by Gasteiger charge is -2.41. The molecule has 1 aromatic carbocycles. The smallest absolute Gasteiger partial charge is 0.283 e. The molecule has 1 unspecified atom stereocenters. The van der Waals surface area contributed by atoms with Crippen molar-refractivity contribution in [3.05, 3.63) is 34.9 Å². The Morgan fingerprint density at radius 3 is 2.65 bits per heavy atom. The van der Waals surface area contributed by atoms with Crippen LogP contribution < -0.4 is 5.73 Å². The maximum Gasteiger partial charge on any atom is 0.283 e. The summed E-state index contributed by atoms with van der Waals surface area (Å²) in [5.41, 5.74) is 10.2. The standard InChI is InChI=1S/C20H28N2O/c1-19(2)11-16-9-8-15(14-6-4-3-5-7-14)10-17(16)20(12-19)13-23-18(21)22-20/h8-10,14H,3-7,11-13H2,1-2H3,(H2,21,22). The van der Waals surface area contributed by atoms with Gasteiger partial charge in [-0.15, -0.1) is 0 Å². The van der Waals surface area contributed by atoms with Crippen molar-refractivity contribution in [2.75, 3.05) is 6.61 Å². The van der Waals surface area contributed by atoms with Crippen molar-refractivity contribution in [3.63, 3.8) is 0 Å². The molecule has 124 valence electrons. The fourth-order valence-corrected chi connectivity index (χ4v) is 5.03. The monoisotopic (exact) mass is 312 g/mol. The van der Waals surface area contributed by atoms with Gasteiger partial charge in [-0.05, 0) is 53.7 Å². The summed E-state index contributed by atoms with van der Waals surface area (Å²) in [6.45, 7) is 5.26. The number of rotatable bonds is 1. The van der Waals surface area contributed by atoms with Crippen LogP contribution in [0.1, 0.15) is 75.0 Å². The number of benzene rings is 1. The summed E-state index contributed by atoms with van der Waals surface area (Å²) in [5.74, 6) is 0.727. The lowest BCUT2D eigenvalue weighted by atomic mass is 9.65. The van der Waals surface area contributed by atoms with E-state index in [2.05, 4.69) is 32.0 Å². The average Bonchev–Trinajstić information content (AvgIpc) is 2.88. The number of aliphatic imine (C=N–C) groups is 1. The molecular weight excluding hydrogens is 284 g/mol. The average molecular weight is 312 g/mol. The van der Waals surface area contributed by atoms with Crippen LogP contribution >= 0.6 is 0 Å². The van der Waals surface area contributed by atoms with Crippen molar-refractivity contribution in [2.45, 2.75) is 70.3 Å². The zero-order valence-corrected chi connectivity index (χ0v) is 14.4. The van der Waals surface area contributed by atoms with Crippen molar-refractivity contribution in [1.29, 1.82) is 0 Å². The predicted octanol–water partition coefficient (Wildman–Crippen LogP) is 4.25. The fraction of sp³-hybridized carbons (Fsp3) is 0.650. The molecule has 3 heteroatoms. The van der Waals surface area contributed by atoms with Gasteiger partial charge in [-0.2, -0.15) is 0 Å². The number of amidine groups is 1. The summed E-state index contributed by atoms with van der Waals surface area (Å²) in [7, 11) is 0. The topological polar surface area (TPSA) is 47.6 Å². The zero-order chi connectivity index (χ0) is 16.1. The van der Waals surface area contributed by atoms with Crippen molar-refractivity contribution < 1.29 is 4.74 Å². The van der Waals surface area contributed by atoms with E-state index in [4.69, 9.17) is 15.5 Å². The second-order valence-electron chi connectivity index (χ2n) is 8.54. The van der Waals surface area contributed by atoms with Crippen LogP contribution in [0.25, 0.3) is 0 Å². The lowest BCUT2D eigenvalue weighted by molar-refractivity contribution is 0.163. The second-order valence-corrected chi connectivity index (χ2v) is 8.54. The van der Waals surface area contributed by atoms with Crippen LogP contribution in [0.5, 0.6) is 0 Å². The Bertz CT molecular complexity index is 643. The van der Waals surface area contributed by atoms with E-state index in [0.717, 1.165) is 18.8 Å². The number of ether oxygens (including phenoxy) is 1. The number of fused-ring (bicyclic) bond motifs is 2. The van der Waals surface area contributed by atoms with Crippen molar-refractivity contribution >= 4 is 6.02 Å².